The summed E-state index contributed by atoms with van der Waals surface area (Å²) in [5.41, 5.74) is -0.890. The van der Waals surface area contributed by atoms with Crippen molar-refractivity contribution in [3.63, 3.8) is 0 Å². The van der Waals surface area contributed by atoms with E-state index in [1.54, 1.807) is 24.3 Å². The molecule has 1 fully saturated rings. The number of rotatable bonds is 5. The number of carbonyl (C=O) groups is 2. The predicted molar refractivity (Wildman–Crippen MR) is 82.3 cm³/mol. The van der Waals surface area contributed by atoms with Crippen molar-refractivity contribution in [2.45, 2.75) is 38.8 Å². The van der Waals surface area contributed by atoms with E-state index in [0.29, 0.717) is 18.6 Å². The molecule has 1 heterocycles. The second-order valence-corrected chi connectivity index (χ2v) is 6.26. The lowest BCUT2D eigenvalue weighted by molar-refractivity contribution is -0.148. The van der Waals surface area contributed by atoms with Crippen LogP contribution in [0.25, 0.3) is 0 Å². The molecule has 1 saturated heterocycles. The van der Waals surface area contributed by atoms with E-state index >= 15 is 0 Å². The molecule has 3 unspecified atom stereocenters. The predicted octanol–water partition coefficient (Wildman–Crippen LogP) is 2.16. The third kappa shape index (κ3) is 3.14. The van der Waals surface area contributed by atoms with Gasteiger partial charge >= 0.3 is 5.97 Å². The van der Waals surface area contributed by atoms with Gasteiger partial charge < -0.3 is 15.2 Å². The van der Waals surface area contributed by atoms with Crippen LogP contribution in [0.4, 0.5) is 0 Å². The quantitative estimate of drug-likeness (QED) is 0.874. The second kappa shape index (κ2) is 6.48. The highest BCUT2D eigenvalue weighted by molar-refractivity contribution is 5.89. The summed E-state index contributed by atoms with van der Waals surface area (Å²) in [6, 6.07) is 8.75. The van der Waals surface area contributed by atoms with Gasteiger partial charge in [-0.05, 0) is 24.8 Å². The normalized spacial score (nSPS) is 24.0. The van der Waals surface area contributed by atoms with Crippen molar-refractivity contribution in [1.29, 1.82) is 0 Å². The largest absolute Gasteiger partial charge is 0.479 e. The Morgan fingerprint density at radius 1 is 1.32 bits per heavy atom. The van der Waals surface area contributed by atoms with Crippen molar-refractivity contribution in [3.05, 3.63) is 35.9 Å². The average Bonchev–Trinajstić information content (AvgIpc) is 2.97. The van der Waals surface area contributed by atoms with E-state index in [1.807, 2.05) is 19.9 Å². The Labute approximate surface area is 130 Å². The Bertz CT molecular complexity index is 543. The summed E-state index contributed by atoms with van der Waals surface area (Å²) in [7, 11) is 0. The van der Waals surface area contributed by atoms with Crippen molar-refractivity contribution in [3.8, 4) is 0 Å². The third-order valence-corrected chi connectivity index (χ3v) is 4.28. The SMILES string of the molecule is CC(C)C1OCCC1C(=O)NC(C)(C(=O)O)c1ccccc1. The molecule has 5 heteroatoms. The van der Waals surface area contributed by atoms with Crippen LogP contribution in [0.15, 0.2) is 30.3 Å². The number of carboxylic acid groups (broad SMARTS) is 1. The van der Waals surface area contributed by atoms with Crippen LogP contribution in [0, 0.1) is 11.8 Å². The highest BCUT2D eigenvalue weighted by atomic mass is 16.5. The number of carbonyl (C=O) groups excluding carboxylic acids is 1. The Morgan fingerprint density at radius 3 is 2.50 bits per heavy atom. The molecule has 0 aromatic heterocycles. The van der Waals surface area contributed by atoms with Crippen molar-refractivity contribution in [2.24, 2.45) is 11.8 Å². The highest BCUT2D eigenvalue weighted by Crippen LogP contribution is 2.29. The molecule has 0 bridgehead atoms. The smallest absolute Gasteiger partial charge is 0.333 e. The number of hydrogen-bond donors (Lipinski definition) is 2. The first-order valence-electron chi connectivity index (χ1n) is 7.59. The lowest BCUT2D eigenvalue weighted by atomic mass is 9.88. The van der Waals surface area contributed by atoms with Gasteiger partial charge in [-0.15, -0.1) is 0 Å². The van der Waals surface area contributed by atoms with E-state index in [9.17, 15) is 14.7 Å². The van der Waals surface area contributed by atoms with Crippen LogP contribution in [-0.4, -0.2) is 29.7 Å². The minimum Gasteiger partial charge on any atom is -0.479 e. The minimum absolute atomic E-state index is 0.159. The Balaban J connectivity index is 2.22. The van der Waals surface area contributed by atoms with Crippen LogP contribution < -0.4 is 5.32 Å². The van der Waals surface area contributed by atoms with E-state index < -0.39 is 11.5 Å². The number of amides is 1. The van der Waals surface area contributed by atoms with Gasteiger partial charge in [0.05, 0.1) is 12.0 Å². The molecule has 1 aromatic rings. The average molecular weight is 305 g/mol. The summed E-state index contributed by atoms with van der Waals surface area (Å²) in [6.45, 7) is 6.06. The molecule has 5 nitrogen and oxygen atoms in total. The van der Waals surface area contributed by atoms with Gasteiger partial charge in [0.2, 0.25) is 5.91 Å². The molecule has 0 radical (unpaired) electrons. The summed E-state index contributed by atoms with van der Waals surface area (Å²) in [6.07, 6.45) is 0.466. The lowest BCUT2D eigenvalue weighted by Gasteiger charge is -2.30. The number of hydrogen-bond acceptors (Lipinski definition) is 3. The Morgan fingerprint density at radius 2 is 1.95 bits per heavy atom. The van der Waals surface area contributed by atoms with Crippen LogP contribution in [0.5, 0.6) is 0 Å². The molecule has 2 rings (SSSR count). The zero-order chi connectivity index (χ0) is 16.3. The van der Waals surface area contributed by atoms with Gasteiger partial charge in [0.1, 0.15) is 0 Å². The van der Waals surface area contributed by atoms with E-state index in [-0.39, 0.29) is 23.8 Å². The summed E-state index contributed by atoms with van der Waals surface area (Å²) in [5.74, 6) is -1.43. The molecular weight excluding hydrogens is 282 g/mol. The van der Waals surface area contributed by atoms with Crippen LogP contribution in [0.3, 0.4) is 0 Å². The molecule has 0 aliphatic carbocycles. The molecule has 1 aliphatic heterocycles. The van der Waals surface area contributed by atoms with Crippen molar-refractivity contribution in [1.82, 2.24) is 5.32 Å². The van der Waals surface area contributed by atoms with E-state index in [2.05, 4.69) is 5.32 Å². The standard InChI is InChI=1S/C17H23NO4/c1-11(2)14-13(9-10-22-14)15(19)18-17(3,16(20)21)12-7-5-4-6-8-12/h4-8,11,13-14H,9-10H2,1-3H3,(H,18,19)(H,20,21). The van der Waals surface area contributed by atoms with Gasteiger partial charge in [0.25, 0.3) is 0 Å². The minimum atomic E-state index is -1.44. The first-order chi connectivity index (χ1) is 10.4. The fourth-order valence-corrected chi connectivity index (χ4v) is 2.91. The van der Waals surface area contributed by atoms with Crippen LogP contribution in [-0.2, 0) is 19.9 Å². The zero-order valence-electron chi connectivity index (χ0n) is 13.2. The van der Waals surface area contributed by atoms with Gasteiger partial charge in [-0.3, -0.25) is 4.79 Å². The fourth-order valence-electron chi connectivity index (χ4n) is 2.91. The summed E-state index contributed by atoms with van der Waals surface area (Å²) in [4.78, 5) is 24.3. The number of ether oxygens (including phenoxy) is 1. The maximum absolute atomic E-state index is 12.6. The molecule has 120 valence electrons. The molecule has 3 atom stereocenters. The number of carboxylic acids is 1. The molecule has 22 heavy (non-hydrogen) atoms. The summed E-state index contributed by atoms with van der Waals surface area (Å²) >= 11 is 0. The molecular formula is C17H23NO4. The molecule has 1 aromatic carbocycles. The topological polar surface area (TPSA) is 75.6 Å². The first kappa shape index (κ1) is 16.5. The van der Waals surface area contributed by atoms with Gasteiger partial charge in [-0.1, -0.05) is 44.2 Å². The Hall–Kier alpha value is -1.88. The van der Waals surface area contributed by atoms with E-state index in [0.717, 1.165) is 0 Å². The molecule has 2 N–H and O–H groups in total. The number of nitrogens with one attached hydrogen (secondary N) is 1. The Kier molecular flexibility index (Phi) is 4.86. The molecule has 0 saturated carbocycles. The highest BCUT2D eigenvalue weighted by Gasteiger charge is 2.42. The zero-order valence-corrected chi connectivity index (χ0v) is 13.2. The summed E-state index contributed by atoms with van der Waals surface area (Å²) in [5, 5.41) is 12.3. The molecule has 1 amide bonds. The fraction of sp³-hybridized carbons (Fsp3) is 0.529. The van der Waals surface area contributed by atoms with Crippen molar-refractivity contribution in [2.75, 3.05) is 6.61 Å². The maximum atomic E-state index is 12.6. The van der Waals surface area contributed by atoms with Gasteiger partial charge in [0, 0.05) is 6.61 Å². The second-order valence-electron chi connectivity index (χ2n) is 6.26. The van der Waals surface area contributed by atoms with E-state index in [1.165, 1.54) is 6.92 Å². The van der Waals surface area contributed by atoms with E-state index in [4.69, 9.17) is 4.74 Å². The molecule has 1 aliphatic rings. The number of aliphatic carboxylic acids is 1. The maximum Gasteiger partial charge on any atom is 0.333 e. The van der Waals surface area contributed by atoms with Crippen LogP contribution >= 0.6 is 0 Å². The van der Waals surface area contributed by atoms with Gasteiger partial charge in [-0.25, -0.2) is 4.79 Å². The van der Waals surface area contributed by atoms with Gasteiger partial charge in [-0.2, -0.15) is 0 Å². The van der Waals surface area contributed by atoms with Crippen LogP contribution in [0.1, 0.15) is 32.8 Å². The number of benzene rings is 1. The van der Waals surface area contributed by atoms with Crippen LogP contribution in [0.2, 0.25) is 0 Å². The van der Waals surface area contributed by atoms with Crippen molar-refractivity contribution >= 4 is 11.9 Å². The summed E-state index contributed by atoms with van der Waals surface area (Å²) < 4.78 is 5.62. The first-order valence-corrected chi connectivity index (χ1v) is 7.59. The molecule has 0 spiro atoms. The lowest BCUT2D eigenvalue weighted by Crippen LogP contribution is -2.52. The monoisotopic (exact) mass is 305 g/mol. The third-order valence-electron chi connectivity index (χ3n) is 4.28. The van der Waals surface area contributed by atoms with Gasteiger partial charge in [0.15, 0.2) is 5.54 Å². The van der Waals surface area contributed by atoms with Crippen molar-refractivity contribution < 1.29 is 19.4 Å².